The van der Waals surface area contributed by atoms with E-state index in [0.29, 0.717) is 6.54 Å². The van der Waals surface area contributed by atoms with E-state index in [1.54, 1.807) is 13.8 Å². The van der Waals surface area contributed by atoms with Gasteiger partial charge in [0.1, 0.15) is 0 Å². The lowest BCUT2D eigenvalue weighted by Crippen LogP contribution is -2.75. The average molecular weight is 322 g/mol. The molecule has 0 aromatic heterocycles. The van der Waals surface area contributed by atoms with Crippen LogP contribution in [0.2, 0.25) is 0 Å². The van der Waals surface area contributed by atoms with Crippen molar-refractivity contribution in [2.75, 3.05) is 13.1 Å². The third kappa shape index (κ3) is 1.84. The number of rotatable bonds is 2. The van der Waals surface area contributed by atoms with Gasteiger partial charge >= 0.3 is 0 Å². The van der Waals surface area contributed by atoms with E-state index in [-0.39, 0.29) is 13.1 Å². The normalized spacial score (nSPS) is 31.7. The van der Waals surface area contributed by atoms with Crippen molar-refractivity contribution in [1.82, 2.24) is 10.2 Å². The van der Waals surface area contributed by atoms with E-state index in [2.05, 4.69) is 17.5 Å². The van der Waals surface area contributed by atoms with Crippen LogP contribution >= 0.6 is 0 Å². The summed E-state index contributed by atoms with van der Waals surface area (Å²) in [5.41, 5.74) is -2.95. The van der Waals surface area contributed by atoms with E-state index in [1.807, 2.05) is 35.2 Å². The molecule has 2 heterocycles. The molecule has 1 aromatic carbocycles. The number of carbonyl (C=O) groups excluding carboxylic acids is 2. The standard InChI is InChI=1S/C18H18N4O2/c1-16(2)17(9-19)11-22(8-13-6-4-3-5-7-13)12-18(16,10-20)15(24)21-14(17)23/h3-7H,8,11-12H2,1-2H3,(H,21,23,24). The molecule has 24 heavy (non-hydrogen) atoms. The maximum atomic E-state index is 12.5. The number of benzene rings is 1. The Labute approximate surface area is 140 Å². The molecule has 6 nitrogen and oxygen atoms in total. The maximum absolute atomic E-state index is 12.5. The SMILES string of the molecule is CC1(C)C2(C#N)CN(Cc3ccccc3)CC1(C#N)C(=O)NC2=O. The van der Waals surface area contributed by atoms with Crippen molar-refractivity contribution in [3.63, 3.8) is 0 Å². The highest BCUT2D eigenvalue weighted by Gasteiger charge is 2.72. The van der Waals surface area contributed by atoms with Crippen molar-refractivity contribution in [2.24, 2.45) is 16.2 Å². The maximum Gasteiger partial charge on any atom is 0.249 e. The minimum absolute atomic E-state index is 0.188. The molecular weight excluding hydrogens is 304 g/mol. The van der Waals surface area contributed by atoms with Gasteiger partial charge < -0.3 is 0 Å². The molecule has 2 saturated heterocycles. The first-order valence-corrected chi connectivity index (χ1v) is 7.78. The molecule has 0 spiro atoms. The fourth-order valence-corrected chi connectivity index (χ4v) is 3.92. The molecular formula is C18H18N4O2. The fraction of sp³-hybridized carbons (Fsp3) is 0.444. The average Bonchev–Trinajstić information content (AvgIpc) is 2.55. The smallest absolute Gasteiger partial charge is 0.249 e. The van der Waals surface area contributed by atoms with Crippen LogP contribution in [-0.2, 0) is 16.1 Å². The molecule has 6 heteroatoms. The Kier molecular flexibility index (Phi) is 3.47. The largest absolute Gasteiger partial charge is 0.295 e. The summed E-state index contributed by atoms with van der Waals surface area (Å²) in [4.78, 5) is 27.0. The van der Waals surface area contributed by atoms with Crippen LogP contribution in [0.3, 0.4) is 0 Å². The van der Waals surface area contributed by atoms with E-state index in [1.165, 1.54) is 0 Å². The molecule has 0 radical (unpaired) electrons. The van der Waals surface area contributed by atoms with Gasteiger partial charge in [-0.1, -0.05) is 44.2 Å². The number of imide groups is 1. The van der Waals surface area contributed by atoms with E-state index >= 15 is 0 Å². The van der Waals surface area contributed by atoms with Crippen LogP contribution in [0, 0.1) is 38.9 Å². The summed E-state index contributed by atoms with van der Waals surface area (Å²) in [6.45, 7) is 4.21. The Morgan fingerprint density at radius 3 is 2.00 bits per heavy atom. The van der Waals surface area contributed by atoms with Crippen LogP contribution in [0.4, 0.5) is 0 Å². The summed E-state index contributed by atoms with van der Waals surface area (Å²) in [7, 11) is 0. The zero-order valence-electron chi connectivity index (χ0n) is 13.7. The number of likely N-dealkylation sites (tertiary alicyclic amines) is 1. The van der Waals surface area contributed by atoms with Gasteiger partial charge in [-0.15, -0.1) is 0 Å². The third-order valence-electron chi connectivity index (χ3n) is 5.69. The molecule has 3 rings (SSSR count). The first kappa shape index (κ1) is 16.2. The van der Waals surface area contributed by atoms with Gasteiger partial charge in [-0.05, 0) is 5.56 Å². The van der Waals surface area contributed by atoms with Gasteiger partial charge in [-0.25, -0.2) is 0 Å². The molecule has 2 atom stereocenters. The summed E-state index contributed by atoms with van der Waals surface area (Å²) in [5.74, 6) is -1.22. The van der Waals surface area contributed by atoms with Crippen LogP contribution in [-0.4, -0.2) is 29.8 Å². The van der Waals surface area contributed by atoms with E-state index < -0.39 is 28.1 Å². The van der Waals surface area contributed by atoms with E-state index in [9.17, 15) is 20.1 Å². The number of fused-ring (bicyclic) bond motifs is 2. The first-order valence-electron chi connectivity index (χ1n) is 7.78. The Hall–Kier alpha value is -2.70. The van der Waals surface area contributed by atoms with Crippen molar-refractivity contribution < 1.29 is 9.59 Å². The molecule has 0 aliphatic carbocycles. The van der Waals surface area contributed by atoms with Crippen LogP contribution in [0.5, 0.6) is 0 Å². The number of piperidine rings is 2. The summed E-state index contributed by atoms with van der Waals surface area (Å²) < 4.78 is 0. The van der Waals surface area contributed by atoms with Gasteiger partial charge in [-0.2, -0.15) is 10.5 Å². The van der Waals surface area contributed by atoms with Gasteiger partial charge in [0, 0.05) is 25.0 Å². The van der Waals surface area contributed by atoms with Gasteiger partial charge in [-0.3, -0.25) is 19.8 Å². The molecule has 1 N–H and O–H groups in total. The minimum Gasteiger partial charge on any atom is -0.295 e. The van der Waals surface area contributed by atoms with Crippen LogP contribution in [0.1, 0.15) is 19.4 Å². The fourth-order valence-electron chi connectivity index (χ4n) is 3.92. The Bertz CT molecular complexity index is 745. The van der Waals surface area contributed by atoms with Crippen molar-refractivity contribution in [2.45, 2.75) is 20.4 Å². The molecule has 2 amide bonds. The van der Waals surface area contributed by atoms with Crippen molar-refractivity contribution in [3.8, 4) is 12.1 Å². The highest BCUT2D eigenvalue weighted by molar-refractivity contribution is 6.07. The minimum atomic E-state index is -1.44. The quantitative estimate of drug-likeness (QED) is 0.825. The highest BCUT2D eigenvalue weighted by atomic mass is 16.2. The molecule has 2 fully saturated rings. The third-order valence-corrected chi connectivity index (χ3v) is 5.69. The first-order chi connectivity index (χ1) is 11.3. The van der Waals surface area contributed by atoms with Gasteiger partial charge in [0.15, 0.2) is 10.8 Å². The van der Waals surface area contributed by atoms with Crippen molar-refractivity contribution in [3.05, 3.63) is 35.9 Å². The van der Waals surface area contributed by atoms with Crippen LogP contribution in [0.15, 0.2) is 30.3 Å². The number of hydrogen-bond donors (Lipinski definition) is 1. The zero-order valence-corrected chi connectivity index (χ0v) is 13.7. The summed E-state index contributed by atoms with van der Waals surface area (Å²) in [6.07, 6.45) is 0. The van der Waals surface area contributed by atoms with E-state index in [4.69, 9.17) is 0 Å². The molecule has 2 bridgehead atoms. The molecule has 1 aromatic rings. The number of nitriles is 2. The number of carbonyl (C=O) groups is 2. The predicted molar refractivity (Wildman–Crippen MR) is 84.7 cm³/mol. The number of amides is 2. The van der Waals surface area contributed by atoms with Crippen LogP contribution < -0.4 is 5.32 Å². The molecule has 122 valence electrons. The predicted octanol–water partition coefficient (Wildman–Crippen LogP) is 1.20. The molecule has 2 unspecified atom stereocenters. The zero-order chi connectivity index (χ0) is 17.6. The summed E-state index contributed by atoms with van der Waals surface area (Å²) in [5, 5.41) is 21.9. The molecule has 2 aliphatic heterocycles. The lowest BCUT2D eigenvalue weighted by Gasteiger charge is -2.58. The lowest BCUT2D eigenvalue weighted by molar-refractivity contribution is -0.174. The molecule has 2 aliphatic rings. The summed E-state index contributed by atoms with van der Waals surface area (Å²) >= 11 is 0. The Balaban J connectivity index is 2.08. The number of nitrogens with one attached hydrogen (secondary N) is 1. The molecule has 0 saturated carbocycles. The van der Waals surface area contributed by atoms with E-state index in [0.717, 1.165) is 5.56 Å². The lowest BCUT2D eigenvalue weighted by atomic mass is 9.48. The second-order valence-corrected chi connectivity index (χ2v) is 7.07. The van der Waals surface area contributed by atoms with Crippen LogP contribution in [0.25, 0.3) is 0 Å². The Morgan fingerprint density at radius 2 is 1.54 bits per heavy atom. The van der Waals surface area contributed by atoms with Crippen molar-refractivity contribution >= 4 is 11.8 Å². The number of nitrogens with zero attached hydrogens (tertiary/aromatic N) is 3. The second kappa shape index (κ2) is 5.15. The van der Waals surface area contributed by atoms with Gasteiger partial charge in [0.25, 0.3) is 0 Å². The highest BCUT2D eigenvalue weighted by Crippen LogP contribution is 2.58. The topological polar surface area (TPSA) is 97.0 Å². The second-order valence-electron chi connectivity index (χ2n) is 7.07. The number of hydrogen-bond acceptors (Lipinski definition) is 5. The van der Waals surface area contributed by atoms with Gasteiger partial charge in [0.05, 0.1) is 12.1 Å². The summed E-state index contributed by atoms with van der Waals surface area (Å²) in [6, 6.07) is 13.8. The Morgan fingerprint density at radius 1 is 1.04 bits per heavy atom. The monoisotopic (exact) mass is 322 g/mol. The van der Waals surface area contributed by atoms with Crippen molar-refractivity contribution in [1.29, 1.82) is 10.5 Å². The van der Waals surface area contributed by atoms with Gasteiger partial charge in [0.2, 0.25) is 11.8 Å².